The lowest BCUT2D eigenvalue weighted by Crippen LogP contribution is -2.65. The van der Waals surface area contributed by atoms with Crippen molar-refractivity contribution in [1.29, 1.82) is 5.26 Å². The van der Waals surface area contributed by atoms with Gasteiger partial charge in [0.2, 0.25) is 5.91 Å². The van der Waals surface area contributed by atoms with E-state index in [-0.39, 0.29) is 24.9 Å². The molecule has 2 heterocycles. The number of hydrogen-bond donors (Lipinski definition) is 1. The summed E-state index contributed by atoms with van der Waals surface area (Å²) in [5.74, 6) is -0.406. The number of aliphatic hydroxyl groups excluding tert-OH is 1. The number of nitrogens with zero attached hydrogens (tertiary/aromatic N) is 3. The number of carbonyl (C=O) groups is 1. The van der Waals surface area contributed by atoms with E-state index in [1.165, 1.54) is 4.90 Å². The Kier molecular flexibility index (Phi) is 5.37. The number of carbonyl (C=O) groups excluding carboxylic acids is 1. The summed E-state index contributed by atoms with van der Waals surface area (Å²) in [7, 11) is 0. The van der Waals surface area contributed by atoms with E-state index in [4.69, 9.17) is 0 Å². The molecule has 5 nitrogen and oxygen atoms in total. The van der Waals surface area contributed by atoms with Crippen molar-refractivity contribution < 1.29 is 9.90 Å². The number of aliphatic hydroxyl groups is 1. The quantitative estimate of drug-likeness (QED) is 0.734. The van der Waals surface area contributed by atoms with Gasteiger partial charge in [0.05, 0.1) is 25.1 Å². The highest BCUT2D eigenvalue weighted by atomic mass is 16.3. The summed E-state index contributed by atoms with van der Waals surface area (Å²) in [5.41, 5.74) is 3.85. The van der Waals surface area contributed by atoms with Gasteiger partial charge in [-0.15, -0.1) is 0 Å². The molecule has 3 atom stereocenters. The number of nitriles is 1. The summed E-state index contributed by atoms with van der Waals surface area (Å²) in [6, 6.07) is 22.7. The molecule has 1 aliphatic heterocycles. The largest absolute Gasteiger partial charge is 0.394 e. The Morgan fingerprint density at radius 2 is 1.83 bits per heavy atom. The van der Waals surface area contributed by atoms with Gasteiger partial charge in [-0.25, -0.2) is 0 Å². The highest BCUT2D eigenvalue weighted by molar-refractivity contribution is 5.82. The summed E-state index contributed by atoms with van der Waals surface area (Å²) in [6.45, 7) is -0.190. The smallest absolute Gasteiger partial charge is 0.228 e. The molecule has 0 saturated carbocycles. The zero-order valence-electron chi connectivity index (χ0n) is 15.8. The standard InChI is InChI=1S/C24H21N3O2/c25-14-21-24(20-11-5-4-10-19(20)18-8-2-1-3-9-18)22(16-28)27(21)23(29)13-17-7-6-12-26-15-17/h1-12,15,21-22,24,28H,13,16H2/t21-,22+,24+/m0/s1. The third-order valence-corrected chi connectivity index (χ3v) is 5.50. The molecule has 0 spiro atoms. The van der Waals surface area contributed by atoms with Gasteiger partial charge >= 0.3 is 0 Å². The number of likely N-dealkylation sites (tertiary alicyclic amines) is 1. The molecule has 5 heteroatoms. The van der Waals surface area contributed by atoms with Gasteiger partial charge in [0.25, 0.3) is 0 Å². The number of amides is 1. The number of rotatable bonds is 5. The van der Waals surface area contributed by atoms with Crippen LogP contribution in [0.4, 0.5) is 0 Å². The second-order valence-corrected chi connectivity index (χ2v) is 7.14. The van der Waals surface area contributed by atoms with Gasteiger partial charge in [-0.05, 0) is 28.3 Å². The van der Waals surface area contributed by atoms with E-state index in [9.17, 15) is 15.2 Å². The Balaban J connectivity index is 1.65. The van der Waals surface area contributed by atoms with Crippen molar-refractivity contribution in [2.45, 2.75) is 24.4 Å². The maximum absolute atomic E-state index is 12.9. The van der Waals surface area contributed by atoms with Gasteiger partial charge in [-0.1, -0.05) is 60.7 Å². The Hall–Kier alpha value is -3.49. The van der Waals surface area contributed by atoms with Gasteiger partial charge < -0.3 is 10.0 Å². The predicted molar refractivity (Wildman–Crippen MR) is 110 cm³/mol. The number of aromatic nitrogens is 1. The van der Waals surface area contributed by atoms with Crippen molar-refractivity contribution >= 4 is 5.91 Å². The maximum Gasteiger partial charge on any atom is 0.228 e. The molecule has 144 valence electrons. The van der Waals surface area contributed by atoms with E-state index in [0.29, 0.717) is 0 Å². The minimum atomic E-state index is -0.610. The lowest BCUT2D eigenvalue weighted by Gasteiger charge is -2.52. The first-order valence-electron chi connectivity index (χ1n) is 9.59. The maximum atomic E-state index is 12.9. The molecule has 4 rings (SSSR count). The average Bonchev–Trinajstić information content (AvgIpc) is 2.75. The van der Waals surface area contributed by atoms with Gasteiger partial charge in [0.1, 0.15) is 6.04 Å². The third-order valence-electron chi connectivity index (χ3n) is 5.50. The summed E-state index contributed by atoms with van der Waals surface area (Å²) in [5, 5.41) is 19.9. The van der Waals surface area contributed by atoms with E-state index < -0.39 is 12.1 Å². The summed E-state index contributed by atoms with van der Waals surface area (Å²) < 4.78 is 0. The summed E-state index contributed by atoms with van der Waals surface area (Å²) >= 11 is 0. The molecule has 1 aliphatic rings. The Bertz CT molecular complexity index is 1030. The van der Waals surface area contributed by atoms with Crippen LogP contribution >= 0.6 is 0 Å². The lowest BCUT2D eigenvalue weighted by molar-refractivity contribution is -0.146. The highest BCUT2D eigenvalue weighted by Crippen LogP contribution is 2.44. The van der Waals surface area contributed by atoms with Crippen LogP contribution in [0, 0.1) is 11.3 Å². The Morgan fingerprint density at radius 3 is 2.52 bits per heavy atom. The molecule has 0 aliphatic carbocycles. The van der Waals surface area contributed by atoms with Gasteiger partial charge in [-0.3, -0.25) is 9.78 Å². The zero-order valence-corrected chi connectivity index (χ0v) is 15.8. The van der Waals surface area contributed by atoms with Crippen LogP contribution in [0.1, 0.15) is 17.0 Å². The van der Waals surface area contributed by atoms with Gasteiger partial charge in [0.15, 0.2) is 0 Å². The van der Waals surface area contributed by atoms with Crippen LogP contribution in [0.25, 0.3) is 11.1 Å². The monoisotopic (exact) mass is 383 g/mol. The van der Waals surface area contributed by atoms with Crippen LogP contribution in [0.3, 0.4) is 0 Å². The van der Waals surface area contributed by atoms with Crippen LogP contribution in [0.15, 0.2) is 79.1 Å². The topological polar surface area (TPSA) is 77.2 Å². The first kappa shape index (κ1) is 18.9. The van der Waals surface area contributed by atoms with Crippen LogP contribution in [0.2, 0.25) is 0 Å². The van der Waals surface area contributed by atoms with Crippen LogP contribution in [0.5, 0.6) is 0 Å². The van der Waals surface area contributed by atoms with Crippen molar-refractivity contribution in [3.63, 3.8) is 0 Å². The van der Waals surface area contributed by atoms with E-state index in [1.54, 1.807) is 18.5 Å². The van der Waals surface area contributed by atoms with Crippen LogP contribution in [-0.4, -0.2) is 39.6 Å². The number of pyridine rings is 1. The average molecular weight is 383 g/mol. The third kappa shape index (κ3) is 3.51. The number of hydrogen-bond acceptors (Lipinski definition) is 4. The minimum Gasteiger partial charge on any atom is -0.394 e. The van der Waals surface area contributed by atoms with Gasteiger partial charge in [0, 0.05) is 18.3 Å². The van der Waals surface area contributed by atoms with Crippen molar-refractivity contribution in [2.24, 2.45) is 0 Å². The normalized spacial score (nSPS) is 20.6. The fourth-order valence-electron chi connectivity index (χ4n) is 4.16. The predicted octanol–water partition coefficient (Wildman–Crippen LogP) is 3.17. The molecule has 1 saturated heterocycles. The van der Waals surface area contributed by atoms with Crippen molar-refractivity contribution in [1.82, 2.24) is 9.88 Å². The van der Waals surface area contributed by atoms with Crippen molar-refractivity contribution in [3.05, 3.63) is 90.3 Å². The van der Waals surface area contributed by atoms with E-state index in [1.807, 2.05) is 60.7 Å². The molecular formula is C24H21N3O2. The molecular weight excluding hydrogens is 362 g/mol. The van der Waals surface area contributed by atoms with E-state index in [2.05, 4.69) is 11.1 Å². The van der Waals surface area contributed by atoms with E-state index >= 15 is 0 Å². The second-order valence-electron chi connectivity index (χ2n) is 7.14. The zero-order chi connectivity index (χ0) is 20.2. The molecule has 1 amide bonds. The first-order valence-corrected chi connectivity index (χ1v) is 9.59. The molecule has 1 fully saturated rings. The second kappa shape index (κ2) is 8.26. The van der Waals surface area contributed by atoms with Gasteiger partial charge in [-0.2, -0.15) is 5.26 Å². The molecule has 0 radical (unpaired) electrons. The summed E-state index contributed by atoms with van der Waals surface area (Å²) in [6.07, 6.45) is 3.47. The molecule has 29 heavy (non-hydrogen) atoms. The molecule has 1 aromatic heterocycles. The van der Waals surface area contributed by atoms with Crippen LogP contribution in [-0.2, 0) is 11.2 Å². The fourth-order valence-corrected chi connectivity index (χ4v) is 4.16. The molecule has 1 N–H and O–H groups in total. The first-order chi connectivity index (χ1) is 14.2. The molecule has 3 aromatic rings. The SMILES string of the molecule is N#C[C@H]1[C@@H](c2ccccc2-c2ccccc2)[C@@H](CO)N1C(=O)Cc1cccnc1. The Morgan fingerprint density at radius 1 is 1.07 bits per heavy atom. The van der Waals surface area contributed by atoms with Crippen molar-refractivity contribution in [2.75, 3.05) is 6.61 Å². The lowest BCUT2D eigenvalue weighted by atomic mass is 9.73. The molecule has 2 aromatic carbocycles. The molecule has 0 bridgehead atoms. The van der Waals surface area contributed by atoms with E-state index in [0.717, 1.165) is 22.3 Å². The van der Waals surface area contributed by atoms with Crippen LogP contribution < -0.4 is 0 Å². The fraction of sp³-hybridized carbons (Fsp3) is 0.208. The Labute approximate surface area is 169 Å². The van der Waals surface area contributed by atoms with Crippen molar-refractivity contribution in [3.8, 4) is 17.2 Å². The summed E-state index contributed by atoms with van der Waals surface area (Å²) in [4.78, 5) is 18.5. The number of benzene rings is 2. The highest BCUT2D eigenvalue weighted by Gasteiger charge is 2.52. The minimum absolute atomic E-state index is 0.162. The molecule has 0 unspecified atom stereocenters.